The van der Waals surface area contributed by atoms with Gasteiger partial charge in [-0.05, 0) is 37.1 Å². The minimum Gasteiger partial charge on any atom is -0.475 e. The second kappa shape index (κ2) is 9.99. The minimum atomic E-state index is -10.3. The SMILES string of the molecule is CCc1cc(S(F)(F)(F)(F)F)cc2c1O[C@H](C(F)(F)F)C(C(=O)OCOC(=O)OCC[C@H](C)O[N+](=O)[O-])=C2. The first-order valence-electron chi connectivity index (χ1n) is 10.3. The zero-order chi connectivity index (χ0) is 29.2. The Kier molecular flexibility index (Phi) is 8.07. The first kappa shape index (κ1) is 30.7. The van der Waals surface area contributed by atoms with E-state index in [0.29, 0.717) is 0 Å². The number of rotatable bonds is 10. The summed E-state index contributed by atoms with van der Waals surface area (Å²) < 4.78 is 125. The third-order valence-electron chi connectivity index (χ3n) is 4.73. The molecule has 0 saturated carbocycles. The van der Waals surface area contributed by atoms with Gasteiger partial charge in [0.2, 0.25) is 12.9 Å². The number of hydrogen-bond donors (Lipinski definition) is 0. The van der Waals surface area contributed by atoms with E-state index in [0.717, 1.165) is 0 Å². The molecule has 0 spiro atoms. The number of carbonyl (C=O) groups is 2. The summed E-state index contributed by atoms with van der Waals surface area (Å²) in [5.41, 5.74) is -2.91. The Morgan fingerprint density at radius 1 is 1.13 bits per heavy atom. The molecule has 10 nitrogen and oxygen atoms in total. The zero-order valence-corrected chi connectivity index (χ0v) is 20.1. The van der Waals surface area contributed by atoms with Gasteiger partial charge in [-0.3, -0.25) is 0 Å². The van der Waals surface area contributed by atoms with Crippen LogP contribution in [0, 0.1) is 10.1 Å². The number of fused-ring (bicyclic) bond motifs is 1. The molecule has 1 aliphatic heterocycles. The number of hydrogen-bond acceptors (Lipinski definition) is 9. The molecule has 216 valence electrons. The topological polar surface area (TPSA) is 123 Å². The van der Waals surface area contributed by atoms with Crippen LogP contribution in [0.3, 0.4) is 0 Å². The van der Waals surface area contributed by atoms with Gasteiger partial charge in [-0.15, -0.1) is 10.1 Å². The number of nitrogens with zero attached hydrogens (tertiary/aromatic N) is 1. The molecule has 38 heavy (non-hydrogen) atoms. The van der Waals surface area contributed by atoms with E-state index in [4.69, 9.17) is 4.74 Å². The van der Waals surface area contributed by atoms with Crippen LogP contribution in [0.15, 0.2) is 22.6 Å². The molecule has 0 bridgehead atoms. The van der Waals surface area contributed by atoms with E-state index in [-0.39, 0.29) is 24.6 Å². The number of esters is 1. The molecule has 1 aliphatic rings. The molecule has 2 atom stereocenters. The highest BCUT2D eigenvalue weighted by Gasteiger charge is 2.66. The zero-order valence-electron chi connectivity index (χ0n) is 19.3. The van der Waals surface area contributed by atoms with Crippen LogP contribution in [0.5, 0.6) is 5.75 Å². The van der Waals surface area contributed by atoms with E-state index >= 15 is 0 Å². The number of aryl methyl sites for hydroxylation is 1. The van der Waals surface area contributed by atoms with Gasteiger partial charge in [-0.1, -0.05) is 26.4 Å². The molecular weight excluding hydrogens is 570 g/mol. The van der Waals surface area contributed by atoms with Crippen molar-refractivity contribution in [3.05, 3.63) is 38.9 Å². The Bertz CT molecular complexity index is 1140. The van der Waals surface area contributed by atoms with E-state index in [1.807, 2.05) is 0 Å². The second-order valence-corrected chi connectivity index (χ2v) is 10.1. The van der Waals surface area contributed by atoms with E-state index in [1.54, 1.807) is 0 Å². The first-order valence-corrected chi connectivity index (χ1v) is 12.2. The lowest BCUT2D eigenvalue weighted by molar-refractivity contribution is -0.767. The molecule has 19 heteroatoms. The molecule has 0 aliphatic carbocycles. The molecule has 0 saturated heterocycles. The standard InChI is InChI=1S/C19H19F8NO9S/c1-3-11-6-13(38(23,24,25,26)27)7-12-8-14(16(19(20,21)22)36-15(11)12)17(29)34-9-35-18(30)33-5-4-10(2)37-28(31)32/h6-8,10,16H,3-5,9H2,1-2H3/t10-,16-/m0/s1. The summed E-state index contributed by atoms with van der Waals surface area (Å²) in [5, 5.41) is 9.07. The molecular formula is C19H19F8NO9S. The lowest BCUT2D eigenvalue weighted by Gasteiger charge is -2.41. The molecule has 1 aromatic rings. The largest absolute Gasteiger partial charge is 0.511 e. The number of halogens is 8. The highest BCUT2D eigenvalue weighted by atomic mass is 32.5. The van der Waals surface area contributed by atoms with Gasteiger partial charge >= 0.3 is 28.5 Å². The molecule has 1 aromatic carbocycles. The van der Waals surface area contributed by atoms with Crippen molar-refractivity contribution >= 4 is 28.4 Å². The van der Waals surface area contributed by atoms with Gasteiger partial charge in [0.15, 0.2) is 0 Å². The second-order valence-electron chi connectivity index (χ2n) is 7.68. The van der Waals surface area contributed by atoms with Crippen LogP contribution < -0.4 is 4.74 Å². The summed E-state index contributed by atoms with van der Waals surface area (Å²) in [7, 11) is -10.3. The number of ether oxygens (including phenoxy) is 4. The highest BCUT2D eigenvalue weighted by molar-refractivity contribution is 8.45. The normalized spacial score (nSPS) is 17.9. The van der Waals surface area contributed by atoms with Crippen LogP contribution in [0.25, 0.3) is 6.08 Å². The summed E-state index contributed by atoms with van der Waals surface area (Å²) in [6, 6.07) is -0.165. The van der Waals surface area contributed by atoms with E-state index in [1.165, 1.54) is 13.8 Å². The first-order chi connectivity index (χ1) is 17.1. The lowest BCUT2D eigenvalue weighted by Crippen LogP contribution is -2.41. The van der Waals surface area contributed by atoms with Gasteiger partial charge in [-0.25, -0.2) is 9.59 Å². The Labute approximate surface area is 208 Å². The third kappa shape index (κ3) is 8.25. The van der Waals surface area contributed by atoms with Gasteiger partial charge in [0, 0.05) is 12.0 Å². The van der Waals surface area contributed by atoms with Crippen molar-refractivity contribution in [2.45, 2.75) is 50.0 Å². The predicted octanol–water partition coefficient (Wildman–Crippen LogP) is 6.25. The van der Waals surface area contributed by atoms with Crippen molar-refractivity contribution in [2.24, 2.45) is 0 Å². The Hall–Kier alpha value is -3.51. The number of carbonyl (C=O) groups excluding carboxylic acids is 2. The van der Waals surface area contributed by atoms with Crippen LogP contribution in [-0.2, 0) is 30.3 Å². The van der Waals surface area contributed by atoms with Crippen molar-refractivity contribution in [3.8, 4) is 5.75 Å². The third-order valence-corrected chi connectivity index (χ3v) is 5.86. The number of benzene rings is 1. The molecule has 1 heterocycles. The molecule has 0 radical (unpaired) electrons. The summed E-state index contributed by atoms with van der Waals surface area (Å²) in [6.45, 7) is 0.690. The average molecular weight is 589 g/mol. The number of alkyl halides is 3. The summed E-state index contributed by atoms with van der Waals surface area (Å²) in [5.74, 6) is -2.64. The Balaban J connectivity index is 2.21. The average Bonchev–Trinajstić information content (AvgIpc) is 2.74. The Morgan fingerprint density at radius 3 is 2.29 bits per heavy atom. The van der Waals surface area contributed by atoms with Crippen molar-refractivity contribution in [2.75, 3.05) is 13.4 Å². The fraction of sp³-hybridized carbons (Fsp3) is 0.474. The van der Waals surface area contributed by atoms with Gasteiger partial charge < -0.3 is 23.8 Å². The monoisotopic (exact) mass is 589 g/mol. The molecule has 0 N–H and O–H groups in total. The molecule has 0 amide bonds. The van der Waals surface area contributed by atoms with Crippen LogP contribution in [0.1, 0.15) is 31.4 Å². The lowest BCUT2D eigenvalue weighted by atomic mass is 9.98. The van der Waals surface area contributed by atoms with Crippen molar-refractivity contribution in [1.82, 2.24) is 0 Å². The fourth-order valence-corrected chi connectivity index (χ4v) is 3.73. The van der Waals surface area contributed by atoms with Crippen LogP contribution in [0.4, 0.5) is 37.4 Å². The van der Waals surface area contributed by atoms with Crippen molar-refractivity contribution in [3.63, 3.8) is 0 Å². The maximum atomic E-state index is 13.6. The van der Waals surface area contributed by atoms with Crippen molar-refractivity contribution < 1.29 is 71.1 Å². The van der Waals surface area contributed by atoms with Crippen LogP contribution in [0.2, 0.25) is 0 Å². The smallest absolute Gasteiger partial charge is 0.475 e. The summed E-state index contributed by atoms with van der Waals surface area (Å²) in [4.78, 5) is 35.6. The van der Waals surface area contributed by atoms with Crippen LogP contribution >= 0.6 is 10.2 Å². The van der Waals surface area contributed by atoms with E-state index < -0.39 is 93.0 Å². The molecule has 2 rings (SSSR count). The maximum Gasteiger partial charge on any atom is 0.511 e. The predicted molar refractivity (Wildman–Crippen MR) is 111 cm³/mol. The fourth-order valence-electron chi connectivity index (χ4n) is 3.02. The van der Waals surface area contributed by atoms with E-state index in [2.05, 4.69) is 19.0 Å². The minimum absolute atomic E-state index is 0.0191. The quantitative estimate of drug-likeness (QED) is 0.102. The highest BCUT2D eigenvalue weighted by Crippen LogP contribution is 3.02. The van der Waals surface area contributed by atoms with Crippen molar-refractivity contribution in [1.29, 1.82) is 0 Å². The summed E-state index contributed by atoms with van der Waals surface area (Å²) in [6.07, 6.45) is -11.1. The van der Waals surface area contributed by atoms with Crippen LogP contribution in [-0.4, -0.2) is 49.0 Å². The molecule has 0 aromatic heterocycles. The van der Waals surface area contributed by atoms with Gasteiger partial charge in [0.25, 0.3) is 5.09 Å². The van der Waals surface area contributed by atoms with Gasteiger partial charge in [-0.2, -0.15) is 13.2 Å². The molecule has 0 unspecified atom stereocenters. The van der Waals surface area contributed by atoms with Gasteiger partial charge in [0.05, 0.1) is 12.2 Å². The maximum absolute atomic E-state index is 13.6. The summed E-state index contributed by atoms with van der Waals surface area (Å²) >= 11 is 0. The Morgan fingerprint density at radius 2 is 1.76 bits per heavy atom. The van der Waals surface area contributed by atoms with E-state index in [9.17, 15) is 52.3 Å². The van der Waals surface area contributed by atoms with Gasteiger partial charge in [0.1, 0.15) is 16.7 Å². The molecule has 0 fully saturated rings.